The lowest BCUT2D eigenvalue weighted by Crippen LogP contribution is -2.45. The van der Waals surface area contributed by atoms with Crippen LogP contribution in [0.1, 0.15) is 31.7 Å². The molecule has 0 spiro atoms. The van der Waals surface area contributed by atoms with Gasteiger partial charge < -0.3 is 15.0 Å². The van der Waals surface area contributed by atoms with Crippen LogP contribution in [0.25, 0.3) is 0 Å². The number of para-hydroxylation sites is 2. The van der Waals surface area contributed by atoms with Crippen molar-refractivity contribution in [2.45, 2.75) is 32.3 Å². The molecule has 3 rings (SSSR count). The molecule has 0 bridgehead atoms. The van der Waals surface area contributed by atoms with Crippen molar-refractivity contribution < 1.29 is 14.3 Å². The van der Waals surface area contributed by atoms with Crippen LogP contribution < -0.4 is 15.0 Å². The Balaban J connectivity index is 1.58. The summed E-state index contributed by atoms with van der Waals surface area (Å²) in [4.78, 5) is 26.4. The molecule has 0 fully saturated rings. The maximum Gasteiger partial charge on any atom is 0.267 e. The zero-order valence-electron chi connectivity index (χ0n) is 15.7. The van der Waals surface area contributed by atoms with Gasteiger partial charge in [-0.25, -0.2) is 0 Å². The Morgan fingerprint density at radius 3 is 2.57 bits per heavy atom. The summed E-state index contributed by atoms with van der Waals surface area (Å²) in [5, 5.41) is 4.06. The van der Waals surface area contributed by atoms with Gasteiger partial charge in [-0.2, -0.15) is 0 Å². The van der Waals surface area contributed by atoms with Crippen LogP contribution in [0.5, 0.6) is 5.75 Å². The molecular formula is C21H22Cl2N2O3. The largest absolute Gasteiger partial charge is 0.479 e. The lowest BCUT2D eigenvalue weighted by atomic mass is 10.0. The molecule has 0 aliphatic carbocycles. The minimum atomic E-state index is -0.569. The molecule has 1 heterocycles. The summed E-state index contributed by atoms with van der Waals surface area (Å²) in [7, 11) is 0. The molecule has 28 heavy (non-hydrogen) atoms. The molecule has 2 aromatic rings. The molecule has 2 aromatic carbocycles. The summed E-state index contributed by atoms with van der Waals surface area (Å²) in [6.07, 6.45) is -0.379. The molecule has 148 valence electrons. The van der Waals surface area contributed by atoms with E-state index in [2.05, 4.69) is 5.32 Å². The first kappa shape index (κ1) is 20.5. The van der Waals surface area contributed by atoms with Crippen molar-refractivity contribution >= 4 is 40.7 Å². The van der Waals surface area contributed by atoms with Gasteiger partial charge in [0.25, 0.3) is 5.91 Å². The van der Waals surface area contributed by atoms with Gasteiger partial charge in [-0.3, -0.25) is 9.59 Å². The number of benzene rings is 2. The molecular weight excluding hydrogens is 399 g/mol. The van der Waals surface area contributed by atoms with E-state index < -0.39 is 6.10 Å². The maximum atomic E-state index is 12.5. The highest BCUT2D eigenvalue weighted by Crippen LogP contribution is 2.34. The number of rotatable bonds is 6. The SMILES string of the molecule is CC1Oc2ccccc2N(CCC(=O)NCC(C)c2c(Cl)cccc2Cl)C1=O. The van der Waals surface area contributed by atoms with Gasteiger partial charge in [0.1, 0.15) is 5.75 Å². The molecule has 1 N–H and O–H groups in total. The molecule has 2 atom stereocenters. The van der Waals surface area contributed by atoms with Gasteiger partial charge >= 0.3 is 0 Å². The topological polar surface area (TPSA) is 58.6 Å². The van der Waals surface area contributed by atoms with E-state index in [-0.39, 0.29) is 30.7 Å². The number of nitrogens with one attached hydrogen (secondary N) is 1. The van der Waals surface area contributed by atoms with Crippen LogP contribution in [-0.4, -0.2) is 31.0 Å². The number of ether oxygens (including phenoxy) is 1. The monoisotopic (exact) mass is 420 g/mol. The molecule has 0 saturated heterocycles. The van der Waals surface area contributed by atoms with Crippen molar-refractivity contribution in [2.24, 2.45) is 0 Å². The van der Waals surface area contributed by atoms with Crippen molar-refractivity contribution in [3.63, 3.8) is 0 Å². The Labute approximate surface area is 174 Å². The number of anilines is 1. The second-order valence-electron chi connectivity index (χ2n) is 6.81. The number of carbonyl (C=O) groups excluding carboxylic acids is 2. The highest BCUT2D eigenvalue weighted by molar-refractivity contribution is 6.36. The van der Waals surface area contributed by atoms with E-state index in [1.165, 1.54) is 0 Å². The van der Waals surface area contributed by atoms with Crippen LogP contribution in [0.2, 0.25) is 10.0 Å². The van der Waals surface area contributed by atoms with Crippen LogP contribution in [0.15, 0.2) is 42.5 Å². The van der Waals surface area contributed by atoms with Gasteiger partial charge in [0.05, 0.1) is 5.69 Å². The summed E-state index contributed by atoms with van der Waals surface area (Å²) in [5.41, 5.74) is 1.51. The standard InChI is InChI=1S/C21H22Cl2N2O3/c1-13(20-15(22)6-5-7-16(20)23)12-24-19(26)10-11-25-17-8-3-4-9-18(17)28-14(2)21(25)27/h3-9,13-14H,10-12H2,1-2H3,(H,24,26). The summed E-state index contributed by atoms with van der Waals surface area (Å²) in [6, 6.07) is 12.7. The van der Waals surface area contributed by atoms with E-state index in [1.807, 2.05) is 31.2 Å². The van der Waals surface area contributed by atoms with E-state index in [0.717, 1.165) is 5.56 Å². The molecule has 0 aromatic heterocycles. The van der Waals surface area contributed by atoms with Crippen molar-refractivity contribution in [2.75, 3.05) is 18.0 Å². The van der Waals surface area contributed by atoms with E-state index in [1.54, 1.807) is 30.0 Å². The van der Waals surface area contributed by atoms with Crippen molar-refractivity contribution in [1.82, 2.24) is 5.32 Å². The second-order valence-corrected chi connectivity index (χ2v) is 7.62. The van der Waals surface area contributed by atoms with E-state index in [4.69, 9.17) is 27.9 Å². The second kappa shape index (κ2) is 8.84. The van der Waals surface area contributed by atoms with Crippen LogP contribution in [0, 0.1) is 0 Å². The molecule has 0 radical (unpaired) electrons. The fourth-order valence-electron chi connectivity index (χ4n) is 3.24. The minimum absolute atomic E-state index is 0.0316. The zero-order valence-corrected chi connectivity index (χ0v) is 17.3. The quantitative estimate of drug-likeness (QED) is 0.752. The van der Waals surface area contributed by atoms with Crippen molar-refractivity contribution in [3.8, 4) is 5.75 Å². The van der Waals surface area contributed by atoms with Crippen LogP contribution in [0.3, 0.4) is 0 Å². The highest BCUT2D eigenvalue weighted by Gasteiger charge is 2.31. The van der Waals surface area contributed by atoms with Crippen molar-refractivity contribution in [1.29, 1.82) is 0 Å². The van der Waals surface area contributed by atoms with Crippen molar-refractivity contribution in [3.05, 3.63) is 58.1 Å². The number of nitrogens with zero attached hydrogens (tertiary/aromatic N) is 1. The predicted molar refractivity (Wildman–Crippen MR) is 111 cm³/mol. The van der Waals surface area contributed by atoms with Gasteiger partial charge in [0.2, 0.25) is 5.91 Å². The fraction of sp³-hybridized carbons (Fsp3) is 0.333. The molecule has 2 unspecified atom stereocenters. The lowest BCUT2D eigenvalue weighted by molar-refractivity contribution is -0.125. The summed E-state index contributed by atoms with van der Waals surface area (Å²) >= 11 is 12.5. The average Bonchev–Trinajstić information content (AvgIpc) is 2.66. The Kier molecular flexibility index (Phi) is 6.47. The number of halogens is 2. The Bertz CT molecular complexity index is 867. The number of amides is 2. The Morgan fingerprint density at radius 1 is 1.18 bits per heavy atom. The first-order valence-electron chi connectivity index (χ1n) is 9.16. The number of fused-ring (bicyclic) bond motifs is 1. The van der Waals surface area contributed by atoms with Gasteiger partial charge in [0, 0.05) is 35.5 Å². The normalized spacial score (nSPS) is 16.9. The molecule has 1 aliphatic rings. The third-order valence-corrected chi connectivity index (χ3v) is 5.39. The zero-order chi connectivity index (χ0) is 20.3. The molecule has 0 saturated carbocycles. The first-order chi connectivity index (χ1) is 13.4. The van der Waals surface area contributed by atoms with Gasteiger partial charge in [-0.15, -0.1) is 0 Å². The summed E-state index contributed by atoms with van der Waals surface area (Å²) < 4.78 is 5.61. The van der Waals surface area contributed by atoms with Gasteiger partial charge in [-0.05, 0) is 36.8 Å². The lowest BCUT2D eigenvalue weighted by Gasteiger charge is -2.32. The number of hydrogen-bond acceptors (Lipinski definition) is 3. The minimum Gasteiger partial charge on any atom is -0.479 e. The molecule has 5 nitrogen and oxygen atoms in total. The third-order valence-electron chi connectivity index (χ3n) is 4.73. The van der Waals surface area contributed by atoms with Gasteiger partial charge in [-0.1, -0.05) is 48.3 Å². The van der Waals surface area contributed by atoms with E-state index in [0.29, 0.717) is 28.0 Å². The smallest absolute Gasteiger partial charge is 0.267 e. The molecule has 7 heteroatoms. The molecule has 2 amide bonds. The molecule has 1 aliphatic heterocycles. The van der Waals surface area contributed by atoms with E-state index in [9.17, 15) is 9.59 Å². The Hall–Kier alpha value is -2.24. The Morgan fingerprint density at radius 2 is 1.86 bits per heavy atom. The van der Waals surface area contributed by atoms with Crippen LogP contribution in [-0.2, 0) is 9.59 Å². The maximum absolute atomic E-state index is 12.5. The predicted octanol–water partition coefficient (Wildman–Crippen LogP) is 4.42. The van der Waals surface area contributed by atoms with E-state index >= 15 is 0 Å². The summed E-state index contributed by atoms with van der Waals surface area (Å²) in [5.74, 6) is 0.329. The van der Waals surface area contributed by atoms with Gasteiger partial charge in [0.15, 0.2) is 6.10 Å². The summed E-state index contributed by atoms with van der Waals surface area (Å²) in [6.45, 7) is 4.36. The number of carbonyl (C=O) groups is 2. The highest BCUT2D eigenvalue weighted by atomic mass is 35.5. The number of hydrogen-bond donors (Lipinski definition) is 1. The van der Waals surface area contributed by atoms with Crippen LogP contribution in [0.4, 0.5) is 5.69 Å². The van der Waals surface area contributed by atoms with Crippen LogP contribution >= 0.6 is 23.2 Å². The first-order valence-corrected chi connectivity index (χ1v) is 9.91. The average molecular weight is 421 g/mol. The fourth-order valence-corrected chi connectivity index (χ4v) is 4.01. The third kappa shape index (κ3) is 4.42.